The van der Waals surface area contributed by atoms with Crippen molar-refractivity contribution in [2.45, 2.75) is 90.0 Å². The van der Waals surface area contributed by atoms with E-state index < -0.39 is 59.9 Å². The van der Waals surface area contributed by atoms with Crippen molar-refractivity contribution >= 4 is 42.2 Å². The number of hydrogen-bond donors (Lipinski definition) is 1. The molecule has 14 heteroatoms. The average molecular weight is 617 g/mol. The Morgan fingerprint density at radius 3 is 2.05 bits per heavy atom. The van der Waals surface area contributed by atoms with Crippen LogP contribution in [0.2, 0.25) is 25.7 Å². The Bertz CT molecular complexity index is 1130. The van der Waals surface area contributed by atoms with Gasteiger partial charge in [0.1, 0.15) is 24.3 Å². The summed E-state index contributed by atoms with van der Waals surface area (Å²) in [5.74, 6) is -2.07. The number of nitrogens with one attached hydrogen (secondary N) is 1. The number of sulfonamides is 1. The molecule has 41 heavy (non-hydrogen) atoms. The van der Waals surface area contributed by atoms with Gasteiger partial charge in [0.25, 0.3) is 0 Å². The number of nitrogens with zero attached hydrogens (tertiary/aromatic N) is 1. The summed E-state index contributed by atoms with van der Waals surface area (Å²) < 4.78 is 47.5. The first-order chi connectivity index (χ1) is 18.9. The van der Waals surface area contributed by atoms with Gasteiger partial charge in [-0.05, 0) is 51.6 Å². The molecular formula is C27H44N2O10SSi. The second kappa shape index (κ2) is 15.8. The van der Waals surface area contributed by atoms with Crippen molar-refractivity contribution in [1.29, 1.82) is 0 Å². The number of alkyl carbamates (subject to hydrolysis) is 1. The lowest BCUT2D eigenvalue weighted by Gasteiger charge is -2.32. The largest absolute Gasteiger partial charge is 0.467 e. The minimum Gasteiger partial charge on any atom is -0.467 e. The van der Waals surface area contributed by atoms with Crippen LogP contribution in [0.3, 0.4) is 0 Å². The highest BCUT2D eigenvalue weighted by molar-refractivity contribution is 7.89. The first-order valence-electron chi connectivity index (χ1n) is 13.3. The van der Waals surface area contributed by atoms with E-state index in [2.05, 4.69) is 5.32 Å². The molecule has 0 aliphatic heterocycles. The molecule has 0 aliphatic carbocycles. The van der Waals surface area contributed by atoms with Gasteiger partial charge in [-0.1, -0.05) is 50.0 Å². The van der Waals surface area contributed by atoms with Gasteiger partial charge in [0, 0.05) is 8.07 Å². The van der Waals surface area contributed by atoms with Gasteiger partial charge < -0.3 is 24.3 Å². The van der Waals surface area contributed by atoms with Crippen molar-refractivity contribution in [2.75, 3.05) is 20.0 Å². The number of rotatable bonds is 14. The lowest BCUT2D eigenvalue weighted by atomic mass is 10.1. The number of methoxy groups -OCH3 is 2. The van der Waals surface area contributed by atoms with Crippen molar-refractivity contribution in [3.63, 3.8) is 0 Å². The maximum Gasteiger partial charge on any atom is 0.424 e. The topological polar surface area (TPSA) is 155 Å². The number of benzene rings is 1. The Kier molecular flexibility index (Phi) is 13.8. The van der Waals surface area contributed by atoms with E-state index in [1.807, 2.05) is 25.7 Å². The fourth-order valence-corrected chi connectivity index (χ4v) is 8.08. The van der Waals surface area contributed by atoms with Crippen LogP contribution in [0.4, 0.5) is 9.59 Å². The molecule has 0 aromatic heterocycles. The standard InChI is InChI=1S/C27H44N2O10SSi/c1-27(2,3)39-26(33)29(40(34,35)17-18-41(6,7)8)22(24(31)37-5)16-12-15-21(23(30)36-4)28-25(32)38-19-20-13-10-9-11-14-20/h9-11,13-14,21-22H,12,15-19H2,1-8H3,(H,28,32)/t21-,22+/m0/s1. The smallest absolute Gasteiger partial charge is 0.424 e. The van der Waals surface area contributed by atoms with Crippen LogP contribution in [-0.2, 0) is 45.2 Å². The number of ether oxygens (including phenoxy) is 4. The zero-order chi connectivity index (χ0) is 31.4. The van der Waals surface area contributed by atoms with Crippen LogP contribution in [0, 0.1) is 0 Å². The molecule has 0 heterocycles. The number of esters is 2. The fourth-order valence-electron chi connectivity index (χ4n) is 3.56. The van der Waals surface area contributed by atoms with Crippen LogP contribution in [0.15, 0.2) is 30.3 Å². The fraction of sp³-hybridized carbons (Fsp3) is 0.630. The first-order valence-corrected chi connectivity index (χ1v) is 18.6. The number of carbonyl (C=O) groups is 4. The van der Waals surface area contributed by atoms with Crippen LogP contribution in [0.25, 0.3) is 0 Å². The minimum atomic E-state index is -4.29. The number of amides is 2. The highest BCUT2D eigenvalue weighted by Gasteiger charge is 2.42. The molecule has 0 saturated carbocycles. The summed E-state index contributed by atoms with van der Waals surface area (Å²) in [6.45, 7) is 10.7. The maximum absolute atomic E-state index is 13.4. The normalized spacial score (nSPS) is 13.4. The lowest BCUT2D eigenvalue weighted by molar-refractivity contribution is -0.145. The summed E-state index contributed by atoms with van der Waals surface area (Å²) in [6, 6.07) is 6.58. The molecule has 1 aromatic rings. The quantitative estimate of drug-likeness (QED) is 0.184. The first kappa shape index (κ1) is 35.9. The van der Waals surface area contributed by atoms with Crippen LogP contribution in [0.5, 0.6) is 0 Å². The molecule has 1 rings (SSSR count). The molecule has 0 spiro atoms. The van der Waals surface area contributed by atoms with Crippen LogP contribution in [0.1, 0.15) is 45.6 Å². The van der Waals surface area contributed by atoms with Gasteiger partial charge in [0.15, 0.2) is 0 Å². The van der Waals surface area contributed by atoms with Gasteiger partial charge in [0.05, 0.1) is 20.0 Å². The van der Waals surface area contributed by atoms with Crippen LogP contribution >= 0.6 is 0 Å². The zero-order valence-corrected chi connectivity index (χ0v) is 27.0. The molecule has 0 bridgehead atoms. The predicted molar refractivity (Wildman–Crippen MR) is 155 cm³/mol. The van der Waals surface area contributed by atoms with E-state index in [-0.39, 0.29) is 31.6 Å². The third kappa shape index (κ3) is 13.4. The van der Waals surface area contributed by atoms with E-state index in [4.69, 9.17) is 18.9 Å². The Balaban J connectivity index is 3.12. The molecule has 1 N–H and O–H groups in total. The molecule has 0 fully saturated rings. The van der Waals surface area contributed by atoms with Crippen molar-refractivity contribution in [3.05, 3.63) is 35.9 Å². The number of hydrogen-bond acceptors (Lipinski definition) is 10. The van der Waals surface area contributed by atoms with Gasteiger partial charge in [-0.15, -0.1) is 0 Å². The molecule has 1 aromatic carbocycles. The monoisotopic (exact) mass is 616 g/mol. The molecule has 2 atom stereocenters. The molecular weight excluding hydrogens is 572 g/mol. The molecule has 2 amide bonds. The minimum absolute atomic E-state index is 0.0227. The van der Waals surface area contributed by atoms with E-state index in [1.54, 1.807) is 45.0 Å². The second-order valence-corrected chi connectivity index (χ2v) is 19.2. The Labute approximate surface area is 244 Å². The highest BCUT2D eigenvalue weighted by Crippen LogP contribution is 2.23. The van der Waals surface area contributed by atoms with Gasteiger partial charge in [0.2, 0.25) is 10.0 Å². The molecule has 0 unspecified atom stereocenters. The predicted octanol–water partition coefficient (Wildman–Crippen LogP) is 4.07. The van der Waals surface area contributed by atoms with E-state index >= 15 is 0 Å². The summed E-state index contributed by atoms with van der Waals surface area (Å²) in [7, 11) is -3.90. The molecule has 0 radical (unpaired) electrons. The molecule has 0 saturated heterocycles. The molecule has 232 valence electrons. The average Bonchev–Trinajstić information content (AvgIpc) is 2.87. The van der Waals surface area contributed by atoms with Gasteiger partial charge in [-0.25, -0.2) is 27.6 Å². The van der Waals surface area contributed by atoms with E-state index in [1.165, 1.54) is 0 Å². The maximum atomic E-state index is 13.4. The molecule has 12 nitrogen and oxygen atoms in total. The summed E-state index contributed by atoms with van der Waals surface area (Å²) in [4.78, 5) is 50.7. The Morgan fingerprint density at radius 2 is 1.54 bits per heavy atom. The van der Waals surface area contributed by atoms with Gasteiger partial charge in [-0.2, -0.15) is 4.31 Å². The Morgan fingerprint density at radius 1 is 0.951 bits per heavy atom. The van der Waals surface area contributed by atoms with Crippen molar-refractivity contribution in [3.8, 4) is 0 Å². The third-order valence-electron chi connectivity index (χ3n) is 5.70. The van der Waals surface area contributed by atoms with Gasteiger partial charge in [-0.3, -0.25) is 0 Å². The van der Waals surface area contributed by atoms with E-state index in [9.17, 15) is 27.6 Å². The van der Waals surface area contributed by atoms with Crippen LogP contribution in [-0.4, -0.2) is 82.6 Å². The van der Waals surface area contributed by atoms with Crippen LogP contribution < -0.4 is 5.32 Å². The zero-order valence-electron chi connectivity index (χ0n) is 25.2. The third-order valence-corrected chi connectivity index (χ3v) is 9.54. The second-order valence-electron chi connectivity index (χ2n) is 11.7. The Hall–Kier alpha value is -3.13. The summed E-state index contributed by atoms with van der Waals surface area (Å²) >= 11 is 0. The van der Waals surface area contributed by atoms with Crippen molar-refractivity contribution in [1.82, 2.24) is 9.62 Å². The SMILES string of the molecule is COC(=O)[C@H](CCC[C@H](C(=O)OC)N(C(=O)OC(C)(C)C)S(=O)(=O)CC[Si](C)(C)C)NC(=O)OCc1ccccc1. The van der Waals surface area contributed by atoms with Gasteiger partial charge >= 0.3 is 24.1 Å². The number of carbonyl (C=O) groups excluding carboxylic acids is 4. The lowest BCUT2D eigenvalue weighted by Crippen LogP contribution is -2.52. The highest BCUT2D eigenvalue weighted by atomic mass is 32.2. The van der Waals surface area contributed by atoms with Crippen molar-refractivity contribution in [2.24, 2.45) is 0 Å². The van der Waals surface area contributed by atoms with Crippen molar-refractivity contribution < 1.29 is 46.5 Å². The van der Waals surface area contributed by atoms with E-state index in [0.29, 0.717) is 10.3 Å². The molecule has 0 aliphatic rings. The summed E-state index contributed by atoms with van der Waals surface area (Å²) in [5, 5.41) is 2.43. The van der Waals surface area contributed by atoms with E-state index in [0.717, 1.165) is 19.8 Å². The summed E-state index contributed by atoms with van der Waals surface area (Å²) in [6.07, 6.45) is -2.28. The summed E-state index contributed by atoms with van der Waals surface area (Å²) in [5.41, 5.74) is -0.291.